The summed E-state index contributed by atoms with van der Waals surface area (Å²) in [6.07, 6.45) is 1.74. The van der Waals surface area contributed by atoms with Gasteiger partial charge in [-0.05, 0) is 24.6 Å². The molecule has 0 unspecified atom stereocenters. The molecular formula is C14H16ClN3O. The fraction of sp³-hybridized carbons (Fsp3) is 0.214. The fourth-order valence-corrected chi connectivity index (χ4v) is 1.95. The summed E-state index contributed by atoms with van der Waals surface area (Å²) < 4.78 is 5.29. The maximum absolute atomic E-state index is 6.17. The van der Waals surface area contributed by atoms with Gasteiger partial charge in [0, 0.05) is 35.1 Å². The molecule has 1 heterocycles. The number of anilines is 2. The average Bonchev–Trinajstić information content (AvgIpc) is 2.41. The second-order valence-corrected chi connectivity index (χ2v) is 4.61. The van der Waals surface area contributed by atoms with Gasteiger partial charge < -0.3 is 15.8 Å². The third-order valence-corrected chi connectivity index (χ3v) is 3.24. The van der Waals surface area contributed by atoms with E-state index in [4.69, 9.17) is 22.1 Å². The summed E-state index contributed by atoms with van der Waals surface area (Å²) in [5.41, 5.74) is 8.41. The topological polar surface area (TPSA) is 60.2 Å². The number of ether oxygens (including phenoxy) is 1. The van der Waals surface area contributed by atoms with Crippen molar-refractivity contribution in [1.29, 1.82) is 0 Å². The van der Waals surface area contributed by atoms with Gasteiger partial charge in [0.15, 0.2) is 0 Å². The number of benzene rings is 1. The normalized spacial score (nSPS) is 10.3. The molecule has 0 radical (unpaired) electrons. The van der Waals surface area contributed by atoms with E-state index >= 15 is 0 Å². The van der Waals surface area contributed by atoms with Gasteiger partial charge >= 0.3 is 0 Å². The van der Waals surface area contributed by atoms with Gasteiger partial charge in [-0.15, -0.1) is 0 Å². The minimum absolute atomic E-state index is 0.526. The third-order valence-electron chi connectivity index (χ3n) is 2.89. The number of hydrogen-bond acceptors (Lipinski definition) is 4. The van der Waals surface area contributed by atoms with E-state index in [1.165, 1.54) is 0 Å². The summed E-state index contributed by atoms with van der Waals surface area (Å²) >= 11 is 6.17. The molecule has 1 aromatic carbocycles. The van der Waals surface area contributed by atoms with Gasteiger partial charge in [-0.2, -0.15) is 0 Å². The molecule has 0 fully saturated rings. The van der Waals surface area contributed by atoms with E-state index in [0.29, 0.717) is 23.1 Å². The van der Waals surface area contributed by atoms with E-state index < -0.39 is 0 Å². The van der Waals surface area contributed by atoms with Crippen LogP contribution in [0.4, 0.5) is 11.5 Å². The first-order valence-electron chi connectivity index (χ1n) is 5.89. The van der Waals surface area contributed by atoms with Gasteiger partial charge in [0.2, 0.25) is 0 Å². The Bertz CT molecular complexity index is 587. The lowest BCUT2D eigenvalue weighted by atomic mass is 10.2. The van der Waals surface area contributed by atoms with Crippen LogP contribution in [0.5, 0.6) is 5.75 Å². The molecule has 0 aliphatic carbocycles. The van der Waals surface area contributed by atoms with Gasteiger partial charge in [0.1, 0.15) is 11.6 Å². The second kappa shape index (κ2) is 5.80. The first-order chi connectivity index (χ1) is 9.11. The number of aryl methyl sites for hydroxylation is 1. The number of nitrogens with zero attached hydrogens (tertiary/aromatic N) is 1. The number of hydrogen-bond donors (Lipinski definition) is 2. The molecule has 2 aromatic rings. The van der Waals surface area contributed by atoms with Gasteiger partial charge in [-0.25, -0.2) is 4.98 Å². The van der Waals surface area contributed by atoms with E-state index in [1.54, 1.807) is 19.4 Å². The molecule has 2 rings (SSSR count). The van der Waals surface area contributed by atoms with Crippen LogP contribution in [0.1, 0.15) is 11.1 Å². The van der Waals surface area contributed by atoms with Crippen LogP contribution in [0.25, 0.3) is 0 Å². The molecule has 0 saturated carbocycles. The average molecular weight is 278 g/mol. The number of methoxy groups -OCH3 is 1. The van der Waals surface area contributed by atoms with Crippen LogP contribution in [-0.2, 0) is 6.54 Å². The minimum atomic E-state index is 0.526. The van der Waals surface area contributed by atoms with Gasteiger partial charge in [0.25, 0.3) is 0 Å². The van der Waals surface area contributed by atoms with Gasteiger partial charge in [-0.3, -0.25) is 0 Å². The molecule has 5 heteroatoms. The highest BCUT2D eigenvalue weighted by molar-refractivity contribution is 6.31. The Morgan fingerprint density at radius 3 is 2.89 bits per heavy atom. The Balaban J connectivity index is 2.16. The largest absolute Gasteiger partial charge is 0.496 e. The molecule has 0 atom stereocenters. The highest BCUT2D eigenvalue weighted by atomic mass is 35.5. The molecule has 19 heavy (non-hydrogen) atoms. The number of halogens is 1. The molecule has 1 aromatic heterocycles. The van der Waals surface area contributed by atoms with Crippen LogP contribution in [0.3, 0.4) is 0 Å². The summed E-state index contributed by atoms with van der Waals surface area (Å²) in [5, 5.41) is 3.85. The van der Waals surface area contributed by atoms with E-state index in [-0.39, 0.29) is 0 Å². The van der Waals surface area contributed by atoms with Crippen molar-refractivity contribution in [2.24, 2.45) is 0 Å². The van der Waals surface area contributed by atoms with Gasteiger partial charge in [-0.1, -0.05) is 17.7 Å². The highest BCUT2D eigenvalue weighted by Gasteiger charge is 2.07. The molecule has 0 saturated heterocycles. The van der Waals surface area contributed by atoms with E-state index in [2.05, 4.69) is 10.3 Å². The van der Waals surface area contributed by atoms with Crippen molar-refractivity contribution in [3.8, 4) is 5.75 Å². The first kappa shape index (κ1) is 13.5. The van der Waals surface area contributed by atoms with E-state index in [1.807, 2.05) is 25.1 Å². The fourth-order valence-electron chi connectivity index (χ4n) is 1.72. The molecule has 4 nitrogen and oxygen atoms in total. The lowest BCUT2D eigenvalue weighted by Gasteiger charge is -2.12. The van der Waals surface area contributed by atoms with Crippen molar-refractivity contribution in [2.45, 2.75) is 13.5 Å². The van der Waals surface area contributed by atoms with Crippen molar-refractivity contribution in [2.75, 3.05) is 18.2 Å². The summed E-state index contributed by atoms with van der Waals surface area (Å²) in [6.45, 7) is 2.45. The maximum Gasteiger partial charge on any atom is 0.128 e. The molecule has 100 valence electrons. The molecule has 0 spiro atoms. The smallest absolute Gasteiger partial charge is 0.128 e. The number of rotatable bonds is 4. The monoisotopic (exact) mass is 277 g/mol. The van der Waals surface area contributed by atoms with Crippen LogP contribution < -0.4 is 15.8 Å². The van der Waals surface area contributed by atoms with Crippen molar-refractivity contribution in [3.63, 3.8) is 0 Å². The molecule has 0 aliphatic rings. The predicted octanol–water partition coefficient (Wildman–Crippen LogP) is 3.25. The number of aromatic nitrogens is 1. The highest BCUT2D eigenvalue weighted by Crippen LogP contribution is 2.27. The number of nitrogens with two attached hydrogens (primary N) is 1. The maximum atomic E-state index is 6.17. The molecular weight excluding hydrogens is 262 g/mol. The van der Waals surface area contributed by atoms with Crippen molar-refractivity contribution in [3.05, 3.63) is 46.6 Å². The quantitative estimate of drug-likeness (QED) is 0.901. The van der Waals surface area contributed by atoms with E-state index in [9.17, 15) is 0 Å². The zero-order valence-corrected chi connectivity index (χ0v) is 11.7. The Labute approximate surface area is 117 Å². The zero-order valence-electron chi connectivity index (χ0n) is 10.9. The number of pyridine rings is 1. The van der Waals surface area contributed by atoms with E-state index in [0.717, 1.165) is 16.9 Å². The molecule has 0 aliphatic heterocycles. The lowest BCUT2D eigenvalue weighted by molar-refractivity contribution is 0.410. The summed E-state index contributed by atoms with van der Waals surface area (Å²) in [6, 6.07) is 7.36. The predicted molar refractivity (Wildman–Crippen MR) is 78.7 cm³/mol. The Morgan fingerprint density at radius 1 is 1.42 bits per heavy atom. The van der Waals surface area contributed by atoms with Crippen LogP contribution in [-0.4, -0.2) is 12.1 Å². The molecule has 3 N–H and O–H groups in total. The summed E-state index contributed by atoms with van der Waals surface area (Å²) in [4.78, 5) is 4.26. The van der Waals surface area contributed by atoms with Crippen molar-refractivity contribution >= 4 is 23.1 Å². The molecule has 0 amide bonds. The Hall–Kier alpha value is -1.94. The second-order valence-electron chi connectivity index (χ2n) is 4.20. The first-order valence-corrected chi connectivity index (χ1v) is 6.27. The lowest BCUT2D eigenvalue weighted by Crippen LogP contribution is -2.05. The van der Waals surface area contributed by atoms with Crippen molar-refractivity contribution in [1.82, 2.24) is 4.98 Å². The van der Waals surface area contributed by atoms with Crippen molar-refractivity contribution < 1.29 is 4.74 Å². The standard InChI is InChI=1S/C14H16ClN3O/c1-9-7-17-14(6-12(9)16)18-8-10-11(15)4-3-5-13(10)19-2/h3-7H,8H2,1-2H3,(H3,16,17,18). The van der Waals surface area contributed by atoms with Gasteiger partial charge in [0.05, 0.1) is 7.11 Å². The summed E-state index contributed by atoms with van der Waals surface area (Å²) in [5.74, 6) is 1.46. The third kappa shape index (κ3) is 3.09. The summed E-state index contributed by atoms with van der Waals surface area (Å²) in [7, 11) is 1.62. The van der Waals surface area contributed by atoms with Crippen LogP contribution in [0.15, 0.2) is 30.5 Å². The number of nitrogens with one attached hydrogen (secondary N) is 1. The Morgan fingerprint density at radius 2 is 2.21 bits per heavy atom. The number of nitrogen functional groups attached to an aromatic ring is 1. The van der Waals surface area contributed by atoms with Crippen LogP contribution in [0, 0.1) is 6.92 Å². The van der Waals surface area contributed by atoms with Crippen LogP contribution >= 0.6 is 11.6 Å². The Kier molecular flexibility index (Phi) is 4.12. The molecule has 0 bridgehead atoms. The van der Waals surface area contributed by atoms with Crippen LogP contribution in [0.2, 0.25) is 5.02 Å². The zero-order chi connectivity index (χ0) is 13.8. The SMILES string of the molecule is COc1cccc(Cl)c1CNc1cc(N)c(C)cn1. The minimum Gasteiger partial charge on any atom is -0.496 e.